The van der Waals surface area contributed by atoms with Gasteiger partial charge in [0.15, 0.2) is 0 Å². The minimum absolute atomic E-state index is 0.0100. The molecule has 24 heavy (non-hydrogen) atoms. The van der Waals surface area contributed by atoms with Gasteiger partial charge in [0.1, 0.15) is 0 Å². The highest BCUT2D eigenvalue weighted by Crippen LogP contribution is 2.21. The predicted octanol–water partition coefficient (Wildman–Crippen LogP) is 2.01. The molecule has 2 amide bonds. The Bertz CT molecular complexity index is 547. The molecule has 1 aromatic rings. The summed E-state index contributed by atoms with van der Waals surface area (Å²) in [5.74, 6) is -0.233. The lowest BCUT2D eigenvalue weighted by Crippen LogP contribution is -2.40. The standard InChI is InChI=1S/C19H28N2O3/c1-14(9-10-16-7-5-4-6-8-16)20-19(23)17-11-18(22)21(12-17)15(2)13-24-3/h4-8,14-15,17H,9-13H2,1-3H3,(H,20,23)/t14-,15+,17-/m0/s1. The van der Waals surface area contributed by atoms with E-state index >= 15 is 0 Å². The van der Waals surface area contributed by atoms with Crippen LogP contribution in [0.15, 0.2) is 30.3 Å². The summed E-state index contributed by atoms with van der Waals surface area (Å²) in [6.45, 7) is 4.95. The second kappa shape index (κ2) is 8.83. The summed E-state index contributed by atoms with van der Waals surface area (Å²) in [6.07, 6.45) is 2.12. The SMILES string of the molecule is COC[C@@H](C)N1C[C@@H](C(=O)N[C@@H](C)CCc2ccccc2)CC1=O. The van der Waals surface area contributed by atoms with Crippen LogP contribution in [0.3, 0.4) is 0 Å². The predicted molar refractivity (Wildman–Crippen MR) is 93.5 cm³/mol. The van der Waals surface area contributed by atoms with Crippen LogP contribution in [0.25, 0.3) is 0 Å². The number of nitrogens with one attached hydrogen (secondary N) is 1. The number of ether oxygens (including phenoxy) is 1. The van der Waals surface area contributed by atoms with E-state index in [0.29, 0.717) is 19.6 Å². The van der Waals surface area contributed by atoms with Crippen molar-refractivity contribution in [1.82, 2.24) is 10.2 Å². The lowest BCUT2D eigenvalue weighted by Gasteiger charge is -2.24. The van der Waals surface area contributed by atoms with E-state index < -0.39 is 0 Å². The smallest absolute Gasteiger partial charge is 0.225 e. The molecule has 1 aromatic carbocycles. The van der Waals surface area contributed by atoms with E-state index in [2.05, 4.69) is 17.4 Å². The molecular formula is C19H28N2O3. The van der Waals surface area contributed by atoms with Gasteiger partial charge in [-0.2, -0.15) is 0 Å². The molecule has 1 fully saturated rings. The first-order valence-electron chi connectivity index (χ1n) is 8.64. The van der Waals surface area contributed by atoms with Crippen LogP contribution in [0, 0.1) is 5.92 Å². The molecule has 0 saturated carbocycles. The summed E-state index contributed by atoms with van der Waals surface area (Å²) < 4.78 is 5.10. The van der Waals surface area contributed by atoms with Crippen molar-refractivity contribution in [2.75, 3.05) is 20.3 Å². The molecule has 132 valence electrons. The van der Waals surface area contributed by atoms with Gasteiger partial charge >= 0.3 is 0 Å². The topological polar surface area (TPSA) is 58.6 Å². The molecule has 0 unspecified atom stereocenters. The van der Waals surface area contributed by atoms with Gasteiger partial charge in [-0.1, -0.05) is 30.3 Å². The number of carbonyl (C=O) groups is 2. The van der Waals surface area contributed by atoms with Crippen LogP contribution in [0.5, 0.6) is 0 Å². The first-order valence-corrected chi connectivity index (χ1v) is 8.64. The minimum Gasteiger partial charge on any atom is -0.383 e. The van der Waals surface area contributed by atoms with Crippen LogP contribution in [0.4, 0.5) is 0 Å². The van der Waals surface area contributed by atoms with Crippen LogP contribution in [0.2, 0.25) is 0 Å². The number of benzene rings is 1. The quantitative estimate of drug-likeness (QED) is 0.792. The monoisotopic (exact) mass is 332 g/mol. The molecule has 1 aliphatic heterocycles. The number of rotatable bonds is 8. The molecule has 1 saturated heterocycles. The van der Waals surface area contributed by atoms with Gasteiger partial charge in [0.2, 0.25) is 11.8 Å². The maximum Gasteiger partial charge on any atom is 0.225 e. The van der Waals surface area contributed by atoms with E-state index in [1.165, 1.54) is 5.56 Å². The molecule has 5 heteroatoms. The molecule has 0 aromatic heterocycles. The summed E-state index contributed by atoms with van der Waals surface area (Å²) in [4.78, 5) is 26.3. The highest BCUT2D eigenvalue weighted by atomic mass is 16.5. The Balaban J connectivity index is 1.78. The number of carbonyl (C=O) groups excluding carboxylic acids is 2. The second-order valence-electron chi connectivity index (χ2n) is 6.69. The van der Waals surface area contributed by atoms with Crippen molar-refractivity contribution in [1.29, 1.82) is 0 Å². The second-order valence-corrected chi connectivity index (χ2v) is 6.69. The Kier molecular flexibility index (Phi) is 6.79. The molecule has 0 aliphatic carbocycles. The van der Waals surface area contributed by atoms with E-state index in [-0.39, 0.29) is 29.8 Å². The van der Waals surface area contributed by atoms with Crippen LogP contribution in [0.1, 0.15) is 32.3 Å². The first kappa shape index (κ1) is 18.5. The normalized spacial score (nSPS) is 20.0. The van der Waals surface area contributed by atoms with Gasteiger partial charge in [-0.3, -0.25) is 9.59 Å². The molecule has 5 nitrogen and oxygen atoms in total. The van der Waals surface area contributed by atoms with E-state index in [1.54, 1.807) is 12.0 Å². The van der Waals surface area contributed by atoms with Crippen molar-refractivity contribution in [2.45, 2.75) is 45.2 Å². The van der Waals surface area contributed by atoms with Crippen LogP contribution >= 0.6 is 0 Å². The van der Waals surface area contributed by atoms with E-state index in [1.807, 2.05) is 32.0 Å². The number of amides is 2. The number of aryl methyl sites for hydroxylation is 1. The number of nitrogens with zero attached hydrogens (tertiary/aromatic N) is 1. The summed E-state index contributed by atoms with van der Waals surface area (Å²) in [6, 6.07) is 10.4. The van der Waals surface area contributed by atoms with Crippen LogP contribution in [-0.4, -0.2) is 49.1 Å². The maximum absolute atomic E-state index is 12.4. The van der Waals surface area contributed by atoms with Gasteiger partial charge < -0.3 is 15.0 Å². The molecule has 1 heterocycles. The Morgan fingerprint density at radius 2 is 2.04 bits per heavy atom. The van der Waals surface area contributed by atoms with Crippen molar-refractivity contribution in [3.8, 4) is 0 Å². The number of hydrogen-bond donors (Lipinski definition) is 1. The Hall–Kier alpha value is -1.88. The zero-order chi connectivity index (χ0) is 17.5. The van der Waals surface area contributed by atoms with Crippen molar-refractivity contribution < 1.29 is 14.3 Å². The van der Waals surface area contributed by atoms with E-state index in [4.69, 9.17) is 4.74 Å². The van der Waals surface area contributed by atoms with Crippen molar-refractivity contribution >= 4 is 11.8 Å². The van der Waals surface area contributed by atoms with Crippen molar-refractivity contribution in [3.05, 3.63) is 35.9 Å². The molecular weight excluding hydrogens is 304 g/mol. The summed E-state index contributed by atoms with van der Waals surface area (Å²) in [7, 11) is 1.62. The fraction of sp³-hybridized carbons (Fsp3) is 0.579. The van der Waals surface area contributed by atoms with Gasteiger partial charge in [0.05, 0.1) is 18.6 Å². The van der Waals surface area contributed by atoms with Gasteiger partial charge in [-0.15, -0.1) is 0 Å². The fourth-order valence-electron chi connectivity index (χ4n) is 3.13. The third-order valence-corrected chi connectivity index (χ3v) is 4.57. The molecule has 0 bridgehead atoms. The van der Waals surface area contributed by atoms with Gasteiger partial charge in [0.25, 0.3) is 0 Å². The largest absolute Gasteiger partial charge is 0.383 e. The fourth-order valence-corrected chi connectivity index (χ4v) is 3.13. The van der Waals surface area contributed by atoms with Crippen LogP contribution < -0.4 is 5.32 Å². The third-order valence-electron chi connectivity index (χ3n) is 4.57. The molecule has 3 atom stereocenters. The zero-order valence-electron chi connectivity index (χ0n) is 14.8. The average molecular weight is 332 g/mol. The molecule has 1 N–H and O–H groups in total. The number of likely N-dealkylation sites (tertiary alicyclic amines) is 1. The molecule has 0 spiro atoms. The van der Waals surface area contributed by atoms with Crippen LogP contribution in [-0.2, 0) is 20.7 Å². The summed E-state index contributed by atoms with van der Waals surface area (Å²) in [5, 5.41) is 3.06. The van der Waals surface area contributed by atoms with Gasteiger partial charge in [0, 0.05) is 26.1 Å². The third kappa shape index (κ3) is 5.06. The summed E-state index contributed by atoms with van der Waals surface area (Å²) in [5.41, 5.74) is 1.27. The van der Waals surface area contributed by atoms with Crippen molar-refractivity contribution in [2.24, 2.45) is 5.92 Å². The van der Waals surface area contributed by atoms with Crippen molar-refractivity contribution in [3.63, 3.8) is 0 Å². The first-order chi connectivity index (χ1) is 11.5. The minimum atomic E-state index is -0.254. The Morgan fingerprint density at radius 1 is 1.33 bits per heavy atom. The molecule has 1 aliphatic rings. The highest BCUT2D eigenvalue weighted by Gasteiger charge is 2.36. The number of methoxy groups -OCH3 is 1. The number of hydrogen-bond acceptors (Lipinski definition) is 3. The Morgan fingerprint density at radius 3 is 2.71 bits per heavy atom. The Labute approximate surface area is 144 Å². The summed E-state index contributed by atoms with van der Waals surface area (Å²) >= 11 is 0. The lowest BCUT2D eigenvalue weighted by atomic mass is 10.0. The maximum atomic E-state index is 12.4. The molecule has 2 rings (SSSR count). The van der Waals surface area contributed by atoms with E-state index in [9.17, 15) is 9.59 Å². The molecule has 0 radical (unpaired) electrons. The average Bonchev–Trinajstić information content (AvgIpc) is 2.96. The van der Waals surface area contributed by atoms with Gasteiger partial charge in [-0.25, -0.2) is 0 Å². The van der Waals surface area contributed by atoms with E-state index in [0.717, 1.165) is 12.8 Å². The zero-order valence-corrected chi connectivity index (χ0v) is 14.8. The highest BCUT2D eigenvalue weighted by molar-refractivity contribution is 5.89. The van der Waals surface area contributed by atoms with Gasteiger partial charge in [-0.05, 0) is 32.3 Å². The lowest BCUT2D eigenvalue weighted by molar-refractivity contribution is -0.130.